The number of aliphatic imine (C=N–C) groups is 1. The number of hydrazine groups is 1. The number of azide groups is 1. The molecule has 0 saturated heterocycles. The molecule has 0 bridgehead atoms. The lowest BCUT2D eigenvalue weighted by molar-refractivity contribution is -0.130. The maximum Gasteiger partial charge on any atom is 0.266 e. The van der Waals surface area contributed by atoms with E-state index in [2.05, 4.69) is 20.9 Å². The lowest BCUT2D eigenvalue weighted by Crippen LogP contribution is -2.53. The van der Waals surface area contributed by atoms with Gasteiger partial charge in [-0.25, -0.2) is 10.4 Å². The molecule has 55 heavy (non-hydrogen) atoms. The highest BCUT2D eigenvalue weighted by atomic mass is 16.5. The van der Waals surface area contributed by atoms with E-state index in [1.54, 1.807) is 63.8 Å². The topological polar surface area (TPSA) is 169 Å². The van der Waals surface area contributed by atoms with Gasteiger partial charge in [-0.15, -0.1) is 0 Å². The molecule has 1 aliphatic heterocycles. The van der Waals surface area contributed by atoms with Gasteiger partial charge >= 0.3 is 0 Å². The largest absolute Gasteiger partial charge is 0.496 e. The lowest BCUT2D eigenvalue weighted by atomic mass is 9.81. The number of aliphatic hydroxyl groups is 1. The fraction of sp³-hybridized carbons (Fsp3) is 0.238. The van der Waals surface area contributed by atoms with E-state index in [0.717, 1.165) is 11.1 Å². The number of benzene rings is 5. The zero-order valence-electron chi connectivity index (χ0n) is 30.8. The van der Waals surface area contributed by atoms with Gasteiger partial charge in [0, 0.05) is 54.3 Å². The third-order valence-electron chi connectivity index (χ3n) is 9.24. The van der Waals surface area contributed by atoms with Crippen molar-refractivity contribution in [2.75, 3.05) is 34.5 Å². The Morgan fingerprint density at radius 2 is 1.51 bits per heavy atom. The van der Waals surface area contributed by atoms with Crippen molar-refractivity contribution < 1.29 is 33.6 Å². The maximum absolute atomic E-state index is 14.9. The van der Waals surface area contributed by atoms with E-state index in [1.165, 1.54) is 0 Å². The first-order valence-corrected chi connectivity index (χ1v) is 17.6. The number of hydrogen-bond acceptors (Lipinski definition) is 10. The van der Waals surface area contributed by atoms with E-state index in [1.807, 2.05) is 72.8 Å². The number of carbonyl (C=O) groups is 1. The van der Waals surface area contributed by atoms with Gasteiger partial charge in [0.05, 0.1) is 33.5 Å². The van der Waals surface area contributed by atoms with Crippen LogP contribution >= 0.6 is 0 Å². The Balaban J connectivity index is 1.42. The highest BCUT2D eigenvalue weighted by Crippen LogP contribution is 2.44. The summed E-state index contributed by atoms with van der Waals surface area (Å²) in [5, 5.41) is 13.1. The molecule has 0 saturated carbocycles. The summed E-state index contributed by atoms with van der Waals surface area (Å²) in [4.78, 5) is 23.1. The number of aliphatic hydroxyl groups excluding tert-OH is 1. The Morgan fingerprint density at radius 3 is 2.16 bits per heavy atom. The van der Waals surface area contributed by atoms with Crippen molar-refractivity contribution in [2.45, 2.75) is 31.0 Å². The summed E-state index contributed by atoms with van der Waals surface area (Å²) in [6.45, 7) is 0.516. The molecule has 0 aromatic heterocycles. The number of nitrogens with zero attached hydrogens (tertiary/aromatic N) is 4. The fourth-order valence-electron chi connectivity index (χ4n) is 6.43. The van der Waals surface area contributed by atoms with Crippen molar-refractivity contribution in [1.82, 2.24) is 10.9 Å². The normalized spacial score (nSPS) is 15.9. The van der Waals surface area contributed by atoms with Crippen molar-refractivity contribution >= 4 is 17.5 Å². The predicted octanol–water partition coefficient (Wildman–Crippen LogP) is 7.40. The molecule has 1 heterocycles. The molecule has 3 N–H and O–H groups in total. The van der Waals surface area contributed by atoms with Crippen molar-refractivity contribution in [2.24, 2.45) is 10.1 Å². The lowest BCUT2D eigenvalue weighted by Gasteiger charge is -2.31. The molecule has 0 aliphatic carbocycles. The minimum Gasteiger partial charge on any atom is -0.496 e. The molecule has 0 radical (unpaired) electrons. The third-order valence-corrected chi connectivity index (χ3v) is 9.24. The second kappa shape index (κ2) is 18.0. The summed E-state index contributed by atoms with van der Waals surface area (Å²) in [6.07, 6.45) is -0.399. The molecule has 13 heteroatoms. The Hall–Kier alpha value is -6.53. The molecule has 13 nitrogen and oxygen atoms in total. The summed E-state index contributed by atoms with van der Waals surface area (Å²) in [6, 6.07) is 35.6. The molecule has 282 valence electrons. The van der Waals surface area contributed by atoms with Gasteiger partial charge in [-0.3, -0.25) is 10.2 Å². The molecule has 0 fully saturated rings. The van der Waals surface area contributed by atoms with Crippen LogP contribution in [0.25, 0.3) is 21.6 Å². The van der Waals surface area contributed by atoms with Crippen LogP contribution in [0.4, 0.5) is 5.69 Å². The number of amides is 1. The Bertz CT molecular complexity index is 2130. The molecule has 0 unspecified atom stereocenters. The molecule has 6 rings (SSSR count). The standard InChI is InChI=1S/C42H42N6O7/c1-51-34-24-37(52-2)35(38(25-34)53-3)27-44-47-41(50)42(26-32-12-7-8-13-36(32)46-48-43)39(30-16-14-29(15-17-30)28-10-5-4-6-11-28)55-40(45-42)31-18-20-33(21-19-31)54-23-9-22-49/h4-8,10-21,24-25,39,44,49H,9,22-23,26-27H2,1-3H3,(H,47,50)/t39-,42-/m0/s1. The Kier molecular flexibility index (Phi) is 12.5. The van der Waals surface area contributed by atoms with E-state index in [0.29, 0.717) is 64.0 Å². The highest BCUT2D eigenvalue weighted by Gasteiger charge is 2.53. The Morgan fingerprint density at radius 1 is 0.855 bits per heavy atom. The number of rotatable bonds is 17. The maximum atomic E-state index is 14.9. The first kappa shape index (κ1) is 38.2. The zero-order valence-corrected chi connectivity index (χ0v) is 30.8. The van der Waals surface area contributed by atoms with Gasteiger partial charge in [-0.2, -0.15) is 0 Å². The van der Waals surface area contributed by atoms with Gasteiger partial charge in [-0.1, -0.05) is 84.0 Å². The first-order chi connectivity index (χ1) is 26.9. The number of ether oxygens (including phenoxy) is 5. The molecule has 5 aromatic carbocycles. The van der Waals surface area contributed by atoms with Crippen molar-refractivity contribution in [3.05, 3.63) is 148 Å². The molecule has 1 aliphatic rings. The molecule has 2 atom stereocenters. The minimum absolute atomic E-state index is 0.0157. The van der Waals surface area contributed by atoms with Crippen molar-refractivity contribution in [1.29, 1.82) is 0 Å². The third kappa shape index (κ3) is 8.66. The van der Waals surface area contributed by atoms with Crippen LogP contribution in [0.1, 0.15) is 34.8 Å². The second-order valence-electron chi connectivity index (χ2n) is 12.6. The Labute approximate surface area is 319 Å². The average Bonchev–Trinajstić information content (AvgIpc) is 3.62. The predicted molar refractivity (Wildman–Crippen MR) is 209 cm³/mol. The van der Waals surface area contributed by atoms with Crippen LogP contribution in [0.2, 0.25) is 0 Å². The first-order valence-electron chi connectivity index (χ1n) is 17.6. The minimum atomic E-state index is -1.61. The summed E-state index contributed by atoms with van der Waals surface area (Å²) < 4.78 is 29.1. The molecular formula is C42H42N6O7. The SMILES string of the molecule is COc1cc(OC)c(CNNC(=O)[C@@]2(Cc3ccccc3N=[N+]=[N-])N=C(c3ccc(OCCCO)cc3)O[C@H]2c2ccc(-c3ccccc3)cc2)c(OC)c1. The smallest absolute Gasteiger partial charge is 0.266 e. The van der Waals surface area contributed by atoms with Crippen LogP contribution in [0.5, 0.6) is 23.0 Å². The zero-order chi connectivity index (χ0) is 38.6. The molecule has 0 spiro atoms. The van der Waals surface area contributed by atoms with Crippen LogP contribution < -0.4 is 29.8 Å². The van der Waals surface area contributed by atoms with Crippen LogP contribution in [0.15, 0.2) is 125 Å². The van der Waals surface area contributed by atoms with E-state index < -0.39 is 17.6 Å². The van der Waals surface area contributed by atoms with Gasteiger partial charge in [0.2, 0.25) is 5.90 Å². The number of methoxy groups -OCH3 is 3. The monoisotopic (exact) mass is 742 g/mol. The fourth-order valence-corrected chi connectivity index (χ4v) is 6.43. The summed E-state index contributed by atoms with van der Waals surface area (Å²) in [7, 11) is 4.64. The van der Waals surface area contributed by atoms with Crippen molar-refractivity contribution in [3.63, 3.8) is 0 Å². The van der Waals surface area contributed by atoms with Gasteiger partial charge in [0.25, 0.3) is 5.91 Å². The molecule has 1 amide bonds. The second-order valence-corrected chi connectivity index (χ2v) is 12.6. The van der Waals surface area contributed by atoms with Crippen LogP contribution in [0.3, 0.4) is 0 Å². The van der Waals surface area contributed by atoms with Crippen molar-refractivity contribution in [3.8, 4) is 34.1 Å². The number of carbonyl (C=O) groups excluding carboxylic acids is 1. The van der Waals surface area contributed by atoms with Crippen LogP contribution in [0, 0.1) is 0 Å². The van der Waals surface area contributed by atoms with E-state index in [9.17, 15) is 10.3 Å². The summed E-state index contributed by atoms with van der Waals surface area (Å²) in [5.41, 5.74) is 18.8. The quantitative estimate of drug-likeness (QED) is 0.0291. The van der Waals surface area contributed by atoms with E-state index in [4.69, 9.17) is 33.8 Å². The van der Waals surface area contributed by atoms with Crippen LogP contribution in [-0.4, -0.2) is 57.0 Å². The van der Waals surface area contributed by atoms with Crippen LogP contribution in [-0.2, 0) is 22.5 Å². The number of hydrogen-bond donors (Lipinski definition) is 3. The summed E-state index contributed by atoms with van der Waals surface area (Å²) in [5.74, 6) is 1.92. The molecular weight excluding hydrogens is 700 g/mol. The highest BCUT2D eigenvalue weighted by molar-refractivity contribution is 6.01. The van der Waals surface area contributed by atoms with Gasteiger partial charge < -0.3 is 28.8 Å². The summed E-state index contributed by atoms with van der Waals surface area (Å²) >= 11 is 0. The van der Waals surface area contributed by atoms with Gasteiger partial charge in [0.15, 0.2) is 11.6 Å². The molecule has 5 aromatic rings. The average molecular weight is 743 g/mol. The van der Waals surface area contributed by atoms with Gasteiger partial charge in [0.1, 0.15) is 23.0 Å². The number of nitrogens with one attached hydrogen (secondary N) is 2. The van der Waals surface area contributed by atoms with Gasteiger partial charge in [-0.05, 0) is 52.1 Å². The van der Waals surface area contributed by atoms with E-state index >= 15 is 0 Å². The van der Waals surface area contributed by atoms with E-state index in [-0.39, 0.29) is 25.5 Å².